The van der Waals surface area contributed by atoms with Gasteiger partial charge in [0.15, 0.2) is 0 Å². The summed E-state index contributed by atoms with van der Waals surface area (Å²) < 4.78 is 26.0. The first-order valence-corrected chi connectivity index (χ1v) is 6.72. The Kier molecular flexibility index (Phi) is 4.33. The van der Waals surface area contributed by atoms with Crippen molar-refractivity contribution in [2.75, 3.05) is 19.6 Å². The molecule has 1 unspecified atom stereocenters. The van der Waals surface area contributed by atoms with Crippen LogP contribution < -0.4 is 0 Å². The third-order valence-electron chi connectivity index (χ3n) is 3.83. The van der Waals surface area contributed by atoms with Gasteiger partial charge in [-0.25, -0.2) is 8.78 Å². The molecule has 0 radical (unpaired) electrons. The Morgan fingerprint density at radius 1 is 1.17 bits per heavy atom. The molecule has 0 saturated carbocycles. The minimum Gasteiger partial charge on any atom is -0.303 e. The lowest BCUT2D eigenvalue weighted by Gasteiger charge is -2.32. The lowest BCUT2D eigenvalue weighted by atomic mass is 9.97. The molecule has 2 rings (SSSR count). The smallest absolute Gasteiger partial charge is 0.250 e. The zero-order valence-corrected chi connectivity index (χ0v) is 10.9. The van der Waals surface area contributed by atoms with Gasteiger partial charge < -0.3 is 4.90 Å². The monoisotopic (exact) mass is 253 g/mol. The van der Waals surface area contributed by atoms with Crippen molar-refractivity contribution in [3.8, 4) is 0 Å². The summed E-state index contributed by atoms with van der Waals surface area (Å²) in [5, 5.41) is 0. The topological polar surface area (TPSA) is 3.24 Å². The fourth-order valence-corrected chi connectivity index (χ4v) is 2.43. The highest BCUT2D eigenvalue weighted by Gasteiger charge is 2.33. The van der Waals surface area contributed by atoms with Crippen molar-refractivity contribution in [3.63, 3.8) is 0 Å². The van der Waals surface area contributed by atoms with Gasteiger partial charge in [-0.1, -0.05) is 37.3 Å². The highest BCUT2D eigenvalue weighted by molar-refractivity contribution is 5.18. The predicted octanol–water partition coefficient (Wildman–Crippen LogP) is 3.91. The van der Waals surface area contributed by atoms with Crippen molar-refractivity contribution < 1.29 is 8.78 Å². The number of halogens is 2. The van der Waals surface area contributed by atoms with Crippen LogP contribution in [0.3, 0.4) is 0 Å². The van der Waals surface area contributed by atoms with Gasteiger partial charge in [0.1, 0.15) is 0 Å². The third kappa shape index (κ3) is 3.77. The van der Waals surface area contributed by atoms with Gasteiger partial charge in [0.2, 0.25) is 0 Å². The molecular weight excluding hydrogens is 232 g/mol. The quantitative estimate of drug-likeness (QED) is 0.786. The molecule has 3 heteroatoms. The molecule has 0 bridgehead atoms. The summed E-state index contributed by atoms with van der Waals surface area (Å²) in [5.74, 6) is -1.93. The second kappa shape index (κ2) is 5.79. The van der Waals surface area contributed by atoms with E-state index in [1.807, 2.05) is 18.2 Å². The average Bonchev–Trinajstić information content (AvgIpc) is 2.38. The number of alkyl halides is 2. The fourth-order valence-electron chi connectivity index (χ4n) is 2.43. The van der Waals surface area contributed by atoms with Crippen LogP contribution in [0.5, 0.6) is 0 Å². The molecule has 0 aliphatic carbocycles. The van der Waals surface area contributed by atoms with Gasteiger partial charge in [-0.05, 0) is 24.4 Å². The molecular formula is C15H21F2N. The first-order valence-electron chi connectivity index (χ1n) is 6.72. The Balaban J connectivity index is 1.76. The van der Waals surface area contributed by atoms with Crippen LogP contribution in [0.1, 0.15) is 37.7 Å². The maximum Gasteiger partial charge on any atom is 0.250 e. The number of likely N-dealkylation sites (tertiary alicyclic amines) is 1. The molecule has 1 aromatic rings. The average molecular weight is 253 g/mol. The maximum absolute atomic E-state index is 13.0. The van der Waals surface area contributed by atoms with Crippen LogP contribution >= 0.6 is 0 Å². The van der Waals surface area contributed by atoms with E-state index in [0.717, 1.165) is 13.0 Å². The number of hydrogen-bond acceptors (Lipinski definition) is 1. The summed E-state index contributed by atoms with van der Waals surface area (Å²) in [5.41, 5.74) is 1.33. The van der Waals surface area contributed by atoms with Crippen LogP contribution in [-0.4, -0.2) is 30.5 Å². The summed E-state index contributed by atoms with van der Waals surface area (Å²) in [7, 11) is 0. The van der Waals surface area contributed by atoms with Gasteiger partial charge in [-0.2, -0.15) is 0 Å². The van der Waals surface area contributed by atoms with Crippen molar-refractivity contribution in [1.82, 2.24) is 4.90 Å². The maximum atomic E-state index is 13.0. The van der Waals surface area contributed by atoms with Crippen LogP contribution in [-0.2, 0) is 0 Å². The summed E-state index contributed by atoms with van der Waals surface area (Å²) in [6.07, 6.45) is 1.08. The molecule has 1 saturated heterocycles. The number of hydrogen-bond donors (Lipinski definition) is 0. The molecule has 1 heterocycles. The first-order chi connectivity index (χ1) is 8.57. The molecule has 1 nitrogen and oxygen atoms in total. The number of piperidine rings is 1. The highest BCUT2D eigenvalue weighted by atomic mass is 19.3. The van der Waals surface area contributed by atoms with Gasteiger partial charge in [-0.15, -0.1) is 0 Å². The van der Waals surface area contributed by atoms with Crippen LogP contribution in [0.15, 0.2) is 30.3 Å². The van der Waals surface area contributed by atoms with Crippen LogP contribution in [0.2, 0.25) is 0 Å². The van der Waals surface area contributed by atoms with Crippen LogP contribution in [0.4, 0.5) is 8.78 Å². The van der Waals surface area contributed by atoms with Crippen molar-refractivity contribution in [2.24, 2.45) is 0 Å². The van der Waals surface area contributed by atoms with Gasteiger partial charge in [0, 0.05) is 25.9 Å². The van der Waals surface area contributed by atoms with E-state index in [4.69, 9.17) is 0 Å². The molecule has 0 spiro atoms. The van der Waals surface area contributed by atoms with Crippen LogP contribution in [0, 0.1) is 0 Å². The minimum atomic E-state index is -2.43. The van der Waals surface area contributed by atoms with Crippen molar-refractivity contribution in [2.45, 2.75) is 38.0 Å². The van der Waals surface area contributed by atoms with E-state index in [2.05, 4.69) is 24.0 Å². The Labute approximate surface area is 108 Å². The van der Waals surface area contributed by atoms with Crippen molar-refractivity contribution in [1.29, 1.82) is 0 Å². The Bertz CT molecular complexity index is 354. The zero-order valence-electron chi connectivity index (χ0n) is 10.9. The normalized spacial score (nSPS) is 21.7. The van der Waals surface area contributed by atoms with E-state index in [9.17, 15) is 8.78 Å². The molecule has 18 heavy (non-hydrogen) atoms. The third-order valence-corrected chi connectivity index (χ3v) is 3.83. The molecule has 0 N–H and O–H groups in total. The standard InChI is InChI=1S/C15H21F2N/c1-13(14-5-3-2-4-6-14)7-10-18-11-8-15(16,17)9-12-18/h2-6,13H,7-12H2,1H3. The van der Waals surface area contributed by atoms with Gasteiger partial charge in [-0.3, -0.25) is 0 Å². The summed E-state index contributed by atoms with van der Waals surface area (Å²) in [6.45, 7) is 4.20. The number of benzene rings is 1. The van der Waals surface area contributed by atoms with E-state index < -0.39 is 5.92 Å². The van der Waals surface area contributed by atoms with Crippen molar-refractivity contribution in [3.05, 3.63) is 35.9 Å². The highest BCUT2D eigenvalue weighted by Crippen LogP contribution is 2.28. The minimum absolute atomic E-state index is 0.0206. The van der Waals surface area contributed by atoms with E-state index in [1.165, 1.54) is 5.56 Å². The second-order valence-corrected chi connectivity index (χ2v) is 5.30. The molecule has 1 fully saturated rings. The van der Waals surface area contributed by atoms with E-state index in [1.54, 1.807) is 0 Å². The van der Waals surface area contributed by atoms with Crippen molar-refractivity contribution >= 4 is 0 Å². The van der Waals surface area contributed by atoms with E-state index in [-0.39, 0.29) is 12.8 Å². The first kappa shape index (κ1) is 13.5. The lowest BCUT2D eigenvalue weighted by Crippen LogP contribution is -2.39. The fraction of sp³-hybridized carbons (Fsp3) is 0.600. The SMILES string of the molecule is CC(CCN1CCC(F)(F)CC1)c1ccccc1. The Morgan fingerprint density at radius 3 is 2.39 bits per heavy atom. The largest absolute Gasteiger partial charge is 0.303 e. The number of rotatable bonds is 4. The Hall–Kier alpha value is -0.960. The lowest BCUT2D eigenvalue weighted by molar-refractivity contribution is -0.0553. The molecule has 1 aliphatic heterocycles. The molecule has 1 aliphatic rings. The molecule has 1 aromatic carbocycles. The second-order valence-electron chi connectivity index (χ2n) is 5.30. The zero-order chi connectivity index (χ0) is 13.0. The molecule has 0 aromatic heterocycles. The van der Waals surface area contributed by atoms with Gasteiger partial charge >= 0.3 is 0 Å². The summed E-state index contributed by atoms with van der Waals surface area (Å²) in [4.78, 5) is 2.16. The number of nitrogens with zero attached hydrogens (tertiary/aromatic N) is 1. The summed E-state index contributed by atoms with van der Waals surface area (Å²) in [6, 6.07) is 10.4. The molecule has 0 amide bonds. The van der Waals surface area contributed by atoms with E-state index >= 15 is 0 Å². The predicted molar refractivity (Wildman–Crippen MR) is 70.1 cm³/mol. The molecule has 100 valence electrons. The van der Waals surface area contributed by atoms with Crippen LogP contribution in [0.25, 0.3) is 0 Å². The van der Waals surface area contributed by atoms with Gasteiger partial charge in [0.05, 0.1) is 0 Å². The van der Waals surface area contributed by atoms with E-state index in [0.29, 0.717) is 19.0 Å². The van der Waals surface area contributed by atoms with Gasteiger partial charge in [0.25, 0.3) is 5.92 Å². The Morgan fingerprint density at radius 2 is 1.78 bits per heavy atom. The molecule has 1 atom stereocenters. The summed E-state index contributed by atoms with van der Waals surface area (Å²) >= 11 is 0.